The molecule has 0 aliphatic carbocycles. The van der Waals surface area contributed by atoms with Crippen molar-refractivity contribution in [2.24, 2.45) is 0 Å². The van der Waals surface area contributed by atoms with E-state index in [2.05, 4.69) is 48.2 Å². The van der Waals surface area contributed by atoms with Gasteiger partial charge in [0.25, 0.3) is 0 Å². The van der Waals surface area contributed by atoms with Gasteiger partial charge in [0.2, 0.25) is 5.91 Å². The van der Waals surface area contributed by atoms with Crippen LogP contribution in [0.3, 0.4) is 0 Å². The first kappa shape index (κ1) is 21.1. The molecule has 7 heteroatoms. The Kier molecular flexibility index (Phi) is 6.32. The van der Waals surface area contributed by atoms with Gasteiger partial charge in [0.1, 0.15) is 18.1 Å². The van der Waals surface area contributed by atoms with E-state index < -0.39 is 0 Å². The Morgan fingerprint density at radius 3 is 2.74 bits per heavy atom. The van der Waals surface area contributed by atoms with Gasteiger partial charge in [-0.25, -0.2) is 4.39 Å². The van der Waals surface area contributed by atoms with Crippen molar-refractivity contribution in [3.05, 3.63) is 71.7 Å². The largest absolute Gasteiger partial charge is 0.365 e. The summed E-state index contributed by atoms with van der Waals surface area (Å²) in [5.41, 5.74) is 3.74. The lowest BCUT2D eigenvalue weighted by molar-refractivity contribution is -0.137. The van der Waals surface area contributed by atoms with Gasteiger partial charge in [-0.1, -0.05) is 17.3 Å². The normalized spacial score (nSPS) is 16.5. The van der Waals surface area contributed by atoms with Gasteiger partial charge in [-0.3, -0.25) is 4.79 Å². The maximum absolute atomic E-state index is 13.0. The van der Waals surface area contributed by atoms with Crippen LogP contribution < -0.4 is 4.90 Å². The Bertz CT molecular complexity index is 1030. The predicted octanol–water partition coefficient (Wildman–Crippen LogP) is 4.04. The molecule has 6 nitrogen and oxygen atoms in total. The lowest BCUT2D eigenvalue weighted by atomic mass is 10.1. The van der Waals surface area contributed by atoms with Gasteiger partial charge in [-0.15, -0.1) is 0 Å². The number of anilines is 1. The van der Waals surface area contributed by atoms with E-state index in [0.29, 0.717) is 24.5 Å². The molecule has 1 atom stereocenters. The zero-order valence-corrected chi connectivity index (χ0v) is 17.8. The topological polar surface area (TPSA) is 58.8 Å². The van der Waals surface area contributed by atoms with Crippen molar-refractivity contribution in [3.63, 3.8) is 0 Å². The first-order valence-corrected chi connectivity index (χ1v) is 10.4. The van der Waals surface area contributed by atoms with Gasteiger partial charge >= 0.3 is 0 Å². The smallest absolute Gasteiger partial charge is 0.248 e. The Morgan fingerprint density at radius 2 is 2.00 bits per heavy atom. The minimum atomic E-state index is -0.306. The van der Waals surface area contributed by atoms with E-state index in [1.165, 1.54) is 23.4 Å². The molecule has 0 unspecified atom stereocenters. The molecule has 0 saturated carbocycles. The van der Waals surface area contributed by atoms with Crippen LogP contribution in [0.5, 0.6) is 0 Å². The summed E-state index contributed by atoms with van der Waals surface area (Å²) in [7, 11) is 0. The molecule has 1 fully saturated rings. The van der Waals surface area contributed by atoms with Crippen LogP contribution in [0.2, 0.25) is 0 Å². The number of benzene rings is 2. The Balaban J connectivity index is 1.26. The van der Waals surface area contributed by atoms with Crippen LogP contribution in [0.4, 0.5) is 10.1 Å². The summed E-state index contributed by atoms with van der Waals surface area (Å²) in [6.07, 6.45) is 0. The number of piperazine rings is 1. The second-order valence-electron chi connectivity index (χ2n) is 7.90. The maximum Gasteiger partial charge on any atom is 0.248 e. The van der Waals surface area contributed by atoms with Crippen LogP contribution in [0, 0.1) is 12.7 Å². The molecule has 31 heavy (non-hydrogen) atoms. The number of ether oxygens (including phenoxy) is 1. The van der Waals surface area contributed by atoms with E-state index in [4.69, 9.17) is 9.26 Å². The first-order valence-electron chi connectivity index (χ1n) is 10.4. The molecular formula is C24H26FN3O3. The van der Waals surface area contributed by atoms with Crippen molar-refractivity contribution in [3.8, 4) is 11.3 Å². The minimum Gasteiger partial charge on any atom is -0.365 e. The van der Waals surface area contributed by atoms with Crippen molar-refractivity contribution in [2.45, 2.75) is 26.5 Å². The van der Waals surface area contributed by atoms with Crippen molar-refractivity contribution in [2.75, 3.05) is 31.1 Å². The highest BCUT2D eigenvalue weighted by Gasteiger charge is 2.27. The van der Waals surface area contributed by atoms with Crippen LogP contribution in [0.1, 0.15) is 18.2 Å². The summed E-state index contributed by atoms with van der Waals surface area (Å²) in [5.74, 6) is 0.198. The predicted molar refractivity (Wildman–Crippen MR) is 116 cm³/mol. The van der Waals surface area contributed by atoms with Gasteiger partial charge < -0.3 is 19.1 Å². The molecule has 0 spiro atoms. The van der Waals surface area contributed by atoms with Gasteiger partial charge in [0.05, 0.1) is 6.61 Å². The molecule has 1 aromatic heterocycles. The van der Waals surface area contributed by atoms with E-state index in [1.807, 2.05) is 4.90 Å². The number of halogens is 1. The van der Waals surface area contributed by atoms with E-state index in [0.717, 1.165) is 12.1 Å². The quantitative estimate of drug-likeness (QED) is 0.599. The molecule has 3 aromatic rings. The average Bonchev–Trinajstić information content (AvgIpc) is 3.23. The molecule has 1 aliphatic heterocycles. The molecule has 2 aromatic carbocycles. The number of hydrogen-bond acceptors (Lipinski definition) is 5. The molecule has 1 amide bonds. The van der Waals surface area contributed by atoms with Crippen molar-refractivity contribution in [1.29, 1.82) is 0 Å². The van der Waals surface area contributed by atoms with E-state index in [9.17, 15) is 9.18 Å². The number of hydrogen-bond donors (Lipinski definition) is 0. The number of aryl methyl sites for hydroxylation is 1. The molecule has 0 N–H and O–H groups in total. The van der Waals surface area contributed by atoms with E-state index in [1.54, 1.807) is 18.2 Å². The molecule has 2 heterocycles. The molecular weight excluding hydrogens is 397 g/mol. The second kappa shape index (κ2) is 9.31. The third-order valence-electron chi connectivity index (χ3n) is 5.48. The second-order valence-corrected chi connectivity index (χ2v) is 7.90. The van der Waals surface area contributed by atoms with Crippen LogP contribution >= 0.6 is 0 Å². The Hall–Kier alpha value is -3.19. The Morgan fingerprint density at radius 1 is 1.19 bits per heavy atom. The summed E-state index contributed by atoms with van der Waals surface area (Å²) in [6, 6.07) is 16.4. The lowest BCUT2D eigenvalue weighted by Gasteiger charge is -2.41. The number of aromatic nitrogens is 1. The van der Waals surface area contributed by atoms with Crippen molar-refractivity contribution in [1.82, 2.24) is 10.1 Å². The molecule has 1 aliphatic rings. The van der Waals surface area contributed by atoms with Crippen LogP contribution in [-0.2, 0) is 16.1 Å². The highest BCUT2D eigenvalue weighted by Crippen LogP contribution is 2.22. The monoisotopic (exact) mass is 423 g/mol. The fourth-order valence-corrected chi connectivity index (χ4v) is 3.84. The summed E-state index contributed by atoms with van der Waals surface area (Å²) in [4.78, 5) is 16.8. The number of nitrogens with zero attached hydrogens (tertiary/aromatic N) is 3. The molecule has 1 saturated heterocycles. The lowest BCUT2D eigenvalue weighted by Crippen LogP contribution is -2.54. The highest BCUT2D eigenvalue weighted by molar-refractivity contribution is 5.78. The summed E-state index contributed by atoms with van der Waals surface area (Å²) in [5, 5.41) is 3.96. The Labute approximate surface area is 181 Å². The SMILES string of the molecule is Cc1cccc(N2CCN(C(=O)COCc3cc(-c4ccc(F)cc4)on3)C[C@H]2C)c1. The fourth-order valence-electron chi connectivity index (χ4n) is 3.84. The number of carbonyl (C=O) groups excluding carboxylic acids is 1. The molecule has 162 valence electrons. The number of rotatable bonds is 6. The maximum atomic E-state index is 13.0. The summed E-state index contributed by atoms with van der Waals surface area (Å²) in [6.45, 7) is 6.51. The molecule has 4 rings (SSSR count). The first-order chi connectivity index (χ1) is 15.0. The zero-order chi connectivity index (χ0) is 21.8. The highest BCUT2D eigenvalue weighted by atomic mass is 19.1. The summed E-state index contributed by atoms with van der Waals surface area (Å²) >= 11 is 0. The van der Waals surface area contributed by atoms with Gasteiger partial charge in [-0.05, 0) is 55.8 Å². The average molecular weight is 423 g/mol. The third-order valence-corrected chi connectivity index (χ3v) is 5.48. The summed E-state index contributed by atoms with van der Waals surface area (Å²) < 4.78 is 23.9. The third kappa shape index (κ3) is 5.11. The van der Waals surface area contributed by atoms with E-state index in [-0.39, 0.29) is 31.0 Å². The zero-order valence-electron chi connectivity index (χ0n) is 17.8. The molecule has 0 bridgehead atoms. The van der Waals surface area contributed by atoms with Gasteiger partial charge in [0, 0.05) is 43.0 Å². The van der Waals surface area contributed by atoms with Gasteiger partial charge in [-0.2, -0.15) is 0 Å². The standard InChI is InChI=1S/C24H26FN3O3/c1-17-4-3-5-22(12-17)28-11-10-27(14-18(28)2)24(29)16-30-15-21-13-23(31-26-21)19-6-8-20(25)9-7-19/h3-9,12-13,18H,10-11,14-16H2,1-2H3/t18-/m1/s1. The van der Waals surface area contributed by atoms with Gasteiger partial charge in [0.15, 0.2) is 5.76 Å². The van der Waals surface area contributed by atoms with E-state index >= 15 is 0 Å². The number of carbonyl (C=O) groups is 1. The van der Waals surface area contributed by atoms with Crippen molar-refractivity contribution < 1.29 is 18.4 Å². The number of amides is 1. The van der Waals surface area contributed by atoms with Crippen LogP contribution in [-0.4, -0.2) is 48.2 Å². The van der Waals surface area contributed by atoms with Crippen LogP contribution in [0.15, 0.2) is 59.1 Å². The minimum absolute atomic E-state index is 0.00406. The molecule has 0 radical (unpaired) electrons. The van der Waals surface area contributed by atoms with Crippen molar-refractivity contribution >= 4 is 11.6 Å². The van der Waals surface area contributed by atoms with Crippen LogP contribution in [0.25, 0.3) is 11.3 Å². The fraction of sp³-hybridized carbons (Fsp3) is 0.333.